The quantitative estimate of drug-likeness (QED) is 0.428. The second-order valence-electron chi connectivity index (χ2n) is 7.95. The maximum atomic E-state index is 13.0. The van der Waals surface area contributed by atoms with Gasteiger partial charge in [0.25, 0.3) is 15.9 Å². The van der Waals surface area contributed by atoms with E-state index in [0.717, 1.165) is 15.8 Å². The summed E-state index contributed by atoms with van der Waals surface area (Å²) in [5.41, 5.74) is 5.03. The first kappa shape index (κ1) is 22.9. The molecule has 4 rings (SSSR count). The first-order valence-electron chi connectivity index (χ1n) is 10.6. The molecule has 0 aliphatic carbocycles. The molecular weight excluding hydrogens is 454 g/mol. The number of carbonyl (C=O) groups excluding carboxylic acids is 1. The average Bonchev–Trinajstić information content (AvgIpc) is 3.09. The summed E-state index contributed by atoms with van der Waals surface area (Å²) in [7, 11) is -3.76. The number of nitrogens with one attached hydrogen (secondary N) is 1. The highest BCUT2D eigenvalue weighted by atomic mass is 32.2. The number of hydrogen-bond donors (Lipinski definition) is 1. The van der Waals surface area contributed by atoms with Crippen molar-refractivity contribution < 1.29 is 13.2 Å². The molecule has 0 atom stereocenters. The van der Waals surface area contributed by atoms with Gasteiger partial charge in [-0.2, -0.15) is 4.99 Å². The minimum atomic E-state index is -3.76. The van der Waals surface area contributed by atoms with E-state index in [1.807, 2.05) is 18.4 Å². The molecule has 8 heteroatoms. The highest BCUT2D eigenvalue weighted by molar-refractivity contribution is 7.92. The molecule has 0 unspecified atom stereocenters. The summed E-state index contributed by atoms with van der Waals surface area (Å²) in [6, 6.07) is 17.2. The van der Waals surface area contributed by atoms with Crippen molar-refractivity contribution in [3.05, 3.63) is 87.7 Å². The third-order valence-electron chi connectivity index (χ3n) is 5.50. The van der Waals surface area contributed by atoms with Crippen LogP contribution in [0.4, 0.5) is 5.69 Å². The van der Waals surface area contributed by atoms with Gasteiger partial charge in [-0.1, -0.05) is 35.1 Å². The van der Waals surface area contributed by atoms with Crippen LogP contribution >= 0.6 is 11.3 Å². The fourth-order valence-electron chi connectivity index (χ4n) is 3.51. The van der Waals surface area contributed by atoms with Crippen LogP contribution < -0.4 is 9.52 Å². The number of benzene rings is 3. The Kier molecular flexibility index (Phi) is 6.23. The molecule has 0 bridgehead atoms. The number of rotatable bonds is 5. The monoisotopic (exact) mass is 479 g/mol. The van der Waals surface area contributed by atoms with Crippen molar-refractivity contribution in [1.29, 1.82) is 0 Å². The van der Waals surface area contributed by atoms with Gasteiger partial charge in [-0.3, -0.25) is 9.52 Å². The Bertz CT molecular complexity index is 1530. The van der Waals surface area contributed by atoms with E-state index in [1.54, 1.807) is 42.5 Å². The van der Waals surface area contributed by atoms with Gasteiger partial charge in [-0.05, 0) is 81.3 Å². The van der Waals surface area contributed by atoms with Crippen molar-refractivity contribution in [2.24, 2.45) is 4.99 Å². The van der Waals surface area contributed by atoms with Crippen LogP contribution in [0, 0.1) is 20.8 Å². The van der Waals surface area contributed by atoms with Crippen molar-refractivity contribution in [2.45, 2.75) is 39.1 Å². The third-order valence-corrected chi connectivity index (χ3v) is 7.94. The van der Waals surface area contributed by atoms with Gasteiger partial charge in [0.1, 0.15) is 0 Å². The van der Waals surface area contributed by atoms with Crippen LogP contribution in [0.25, 0.3) is 10.2 Å². The van der Waals surface area contributed by atoms with E-state index in [2.05, 4.69) is 35.7 Å². The lowest BCUT2D eigenvalue weighted by molar-refractivity contribution is 0.0998. The fraction of sp³-hybridized carbons (Fsp3) is 0.200. The summed E-state index contributed by atoms with van der Waals surface area (Å²) in [6.07, 6.45) is 0. The number of aryl methyl sites for hydroxylation is 4. The summed E-state index contributed by atoms with van der Waals surface area (Å²) in [5.74, 6) is -0.423. The number of aromatic nitrogens is 1. The summed E-state index contributed by atoms with van der Waals surface area (Å²) >= 11 is 1.47. The lowest BCUT2D eigenvalue weighted by Gasteiger charge is -2.09. The number of anilines is 1. The van der Waals surface area contributed by atoms with Gasteiger partial charge in [0.05, 0.1) is 15.1 Å². The van der Waals surface area contributed by atoms with Crippen LogP contribution in [0.15, 0.2) is 70.6 Å². The summed E-state index contributed by atoms with van der Waals surface area (Å²) < 4.78 is 31.0. The highest BCUT2D eigenvalue weighted by Gasteiger charge is 2.15. The van der Waals surface area contributed by atoms with Gasteiger partial charge in [0.2, 0.25) is 0 Å². The second kappa shape index (κ2) is 8.96. The summed E-state index contributed by atoms with van der Waals surface area (Å²) in [6.45, 7) is 8.73. The lowest BCUT2D eigenvalue weighted by Crippen LogP contribution is -2.16. The molecule has 0 aliphatic heterocycles. The van der Waals surface area contributed by atoms with Crippen LogP contribution in [-0.4, -0.2) is 18.9 Å². The molecule has 1 N–H and O–H groups in total. The van der Waals surface area contributed by atoms with Crippen LogP contribution in [0.5, 0.6) is 0 Å². The molecule has 4 aromatic rings. The van der Waals surface area contributed by atoms with E-state index in [0.29, 0.717) is 22.6 Å². The number of fused-ring (bicyclic) bond motifs is 1. The van der Waals surface area contributed by atoms with Gasteiger partial charge in [-0.15, -0.1) is 0 Å². The number of thiazole rings is 1. The smallest absolute Gasteiger partial charge is 0.279 e. The van der Waals surface area contributed by atoms with Crippen LogP contribution in [0.1, 0.15) is 34.0 Å². The van der Waals surface area contributed by atoms with Crippen molar-refractivity contribution in [3.8, 4) is 0 Å². The minimum Gasteiger partial charge on any atom is -0.317 e. The average molecular weight is 480 g/mol. The molecule has 0 fully saturated rings. The maximum absolute atomic E-state index is 13.0. The van der Waals surface area contributed by atoms with Crippen LogP contribution in [0.2, 0.25) is 0 Å². The SMILES string of the molecule is CCn1c(=NC(=O)c2cccc(NS(=O)(=O)c3ccc(C)cc3)c2)sc2cc(C)c(C)cc21. The Morgan fingerprint density at radius 1 is 1.00 bits per heavy atom. The molecule has 0 spiro atoms. The number of nitrogens with zero attached hydrogens (tertiary/aromatic N) is 2. The zero-order valence-corrected chi connectivity index (χ0v) is 20.5. The first-order valence-corrected chi connectivity index (χ1v) is 12.9. The molecule has 1 aromatic heterocycles. The van der Waals surface area contributed by atoms with Gasteiger partial charge in [-0.25, -0.2) is 8.42 Å². The van der Waals surface area contributed by atoms with Crippen LogP contribution in [0.3, 0.4) is 0 Å². The number of sulfonamides is 1. The standard InChI is InChI=1S/C25H25N3O3S2/c1-5-28-22-13-17(3)18(4)14-23(22)32-25(28)26-24(29)19-7-6-8-20(15-19)27-33(30,31)21-11-9-16(2)10-12-21/h6-15,27H,5H2,1-4H3. The fourth-order valence-corrected chi connectivity index (χ4v) is 5.73. The maximum Gasteiger partial charge on any atom is 0.279 e. The van der Waals surface area contributed by atoms with Crippen molar-refractivity contribution >= 4 is 43.2 Å². The summed E-state index contributed by atoms with van der Waals surface area (Å²) in [5, 5.41) is 0. The molecule has 170 valence electrons. The topological polar surface area (TPSA) is 80.5 Å². The van der Waals surface area contributed by atoms with Crippen molar-refractivity contribution in [3.63, 3.8) is 0 Å². The van der Waals surface area contributed by atoms with Gasteiger partial charge < -0.3 is 4.57 Å². The molecule has 6 nitrogen and oxygen atoms in total. The van der Waals surface area contributed by atoms with E-state index in [1.165, 1.54) is 28.5 Å². The van der Waals surface area contributed by atoms with Crippen LogP contribution in [-0.2, 0) is 16.6 Å². The molecule has 1 amide bonds. The molecule has 0 radical (unpaired) electrons. The predicted octanol–water partition coefficient (Wildman–Crippen LogP) is 5.19. The minimum absolute atomic E-state index is 0.161. The normalized spacial score (nSPS) is 12.3. The largest absolute Gasteiger partial charge is 0.317 e. The van der Waals surface area contributed by atoms with E-state index in [4.69, 9.17) is 0 Å². The second-order valence-corrected chi connectivity index (χ2v) is 10.6. The van der Waals surface area contributed by atoms with Gasteiger partial charge in [0.15, 0.2) is 4.80 Å². The first-order chi connectivity index (χ1) is 15.7. The zero-order valence-electron chi connectivity index (χ0n) is 18.9. The van der Waals surface area contributed by atoms with E-state index < -0.39 is 15.9 Å². The Hall–Kier alpha value is -3.23. The Morgan fingerprint density at radius 3 is 2.39 bits per heavy atom. The Balaban J connectivity index is 1.67. The van der Waals surface area contributed by atoms with E-state index >= 15 is 0 Å². The molecule has 0 aliphatic rings. The lowest BCUT2D eigenvalue weighted by atomic mass is 10.1. The number of hydrogen-bond acceptors (Lipinski definition) is 4. The van der Waals surface area contributed by atoms with Crippen molar-refractivity contribution in [2.75, 3.05) is 4.72 Å². The third kappa shape index (κ3) is 4.77. The Labute approximate surface area is 197 Å². The molecule has 1 heterocycles. The predicted molar refractivity (Wildman–Crippen MR) is 133 cm³/mol. The molecule has 3 aromatic carbocycles. The zero-order chi connectivity index (χ0) is 23.8. The number of carbonyl (C=O) groups is 1. The van der Waals surface area contributed by atoms with Crippen molar-refractivity contribution in [1.82, 2.24) is 4.57 Å². The number of amides is 1. The molecular formula is C25H25N3O3S2. The Morgan fingerprint density at radius 2 is 1.70 bits per heavy atom. The molecule has 0 saturated heterocycles. The highest BCUT2D eigenvalue weighted by Crippen LogP contribution is 2.22. The van der Waals surface area contributed by atoms with Gasteiger partial charge >= 0.3 is 0 Å². The van der Waals surface area contributed by atoms with Gasteiger partial charge in [0, 0.05) is 17.8 Å². The molecule has 33 heavy (non-hydrogen) atoms. The summed E-state index contributed by atoms with van der Waals surface area (Å²) in [4.78, 5) is 18.1. The van der Waals surface area contributed by atoms with E-state index in [9.17, 15) is 13.2 Å². The molecule has 0 saturated carbocycles. The van der Waals surface area contributed by atoms with E-state index in [-0.39, 0.29) is 4.90 Å².